The summed E-state index contributed by atoms with van der Waals surface area (Å²) in [7, 11) is 0. The highest BCUT2D eigenvalue weighted by molar-refractivity contribution is 5.17. The van der Waals surface area contributed by atoms with Gasteiger partial charge in [0.05, 0.1) is 0 Å². The monoisotopic (exact) mass is 238 g/mol. The highest BCUT2D eigenvalue weighted by Crippen LogP contribution is 2.34. The number of rotatable bonds is 4. The quantitative estimate of drug-likeness (QED) is 0.869. The van der Waals surface area contributed by atoms with Crippen molar-refractivity contribution in [3.05, 3.63) is 11.6 Å². The van der Waals surface area contributed by atoms with Crippen molar-refractivity contribution in [2.45, 2.75) is 47.1 Å². The normalized spacial score (nSPS) is 13.7. The lowest BCUT2D eigenvalue weighted by Crippen LogP contribution is -2.25. The maximum Gasteiger partial charge on any atom is 0.223 e. The lowest BCUT2D eigenvalue weighted by molar-refractivity contribution is -0.0192. The summed E-state index contributed by atoms with van der Waals surface area (Å²) in [6, 6.07) is 0. The van der Waals surface area contributed by atoms with Crippen molar-refractivity contribution in [2.24, 2.45) is 5.41 Å². The number of nitrogen functional groups attached to an aromatic ring is 1. The Morgan fingerprint density at radius 2 is 1.82 bits per heavy atom. The summed E-state index contributed by atoms with van der Waals surface area (Å²) in [5, 5.41) is 0. The van der Waals surface area contributed by atoms with Crippen molar-refractivity contribution in [2.75, 3.05) is 12.3 Å². The van der Waals surface area contributed by atoms with Crippen molar-refractivity contribution < 1.29 is 4.74 Å². The summed E-state index contributed by atoms with van der Waals surface area (Å²) in [5.41, 5.74) is 5.62. The zero-order valence-corrected chi connectivity index (χ0v) is 11.3. The molecule has 96 valence electrons. The van der Waals surface area contributed by atoms with Gasteiger partial charge in [0.15, 0.2) is 5.82 Å². The van der Waals surface area contributed by atoms with Gasteiger partial charge in [0.2, 0.25) is 5.95 Å². The van der Waals surface area contributed by atoms with Crippen LogP contribution < -0.4 is 5.73 Å². The third-order valence-electron chi connectivity index (χ3n) is 2.39. The van der Waals surface area contributed by atoms with E-state index in [4.69, 9.17) is 10.5 Å². The fourth-order valence-electron chi connectivity index (χ4n) is 1.61. The maximum atomic E-state index is 5.74. The van der Waals surface area contributed by atoms with Crippen LogP contribution >= 0.6 is 0 Å². The first-order chi connectivity index (χ1) is 7.88. The molecule has 1 atom stereocenters. The predicted molar refractivity (Wildman–Crippen MR) is 67.4 cm³/mol. The van der Waals surface area contributed by atoms with Gasteiger partial charge in [-0.05, 0) is 12.3 Å². The van der Waals surface area contributed by atoms with E-state index in [0.29, 0.717) is 18.3 Å². The number of nitrogens with two attached hydrogens (primary N) is 1. The second kappa shape index (κ2) is 5.40. The van der Waals surface area contributed by atoms with E-state index in [1.807, 2.05) is 13.8 Å². The minimum absolute atomic E-state index is 0.0746. The standard InChI is InChI=1S/C12H22N4O/c1-6-8-14-10(16-11(13)15-8)9(17-7-2)12(3,4)5/h9H,6-7H2,1-5H3,(H2,13,14,15,16). The van der Waals surface area contributed by atoms with Crippen LogP contribution in [0.1, 0.15) is 52.4 Å². The minimum atomic E-state index is -0.164. The number of ether oxygens (including phenoxy) is 1. The Kier molecular flexibility index (Phi) is 4.40. The topological polar surface area (TPSA) is 73.9 Å². The molecule has 0 aromatic carbocycles. The molecule has 0 saturated heterocycles. The third kappa shape index (κ3) is 3.63. The molecule has 1 unspecified atom stereocenters. The van der Waals surface area contributed by atoms with E-state index in [-0.39, 0.29) is 17.5 Å². The van der Waals surface area contributed by atoms with Gasteiger partial charge in [0.25, 0.3) is 0 Å². The van der Waals surface area contributed by atoms with E-state index >= 15 is 0 Å². The van der Waals surface area contributed by atoms with Gasteiger partial charge < -0.3 is 10.5 Å². The molecule has 0 aliphatic heterocycles. The molecular formula is C12H22N4O. The second-order valence-corrected chi connectivity index (χ2v) is 5.02. The largest absolute Gasteiger partial charge is 0.370 e. The molecule has 0 spiro atoms. The van der Waals surface area contributed by atoms with Crippen molar-refractivity contribution >= 4 is 5.95 Å². The van der Waals surface area contributed by atoms with Crippen LogP contribution in [0.15, 0.2) is 0 Å². The molecule has 1 aromatic rings. The average molecular weight is 238 g/mol. The molecule has 0 radical (unpaired) electrons. The van der Waals surface area contributed by atoms with Crippen molar-refractivity contribution in [3.63, 3.8) is 0 Å². The summed E-state index contributed by atoms with van der Waals surface area (Å²) >= 11 is 0. The van der Waals surface area contributed by atoms with Gasteiger partial charge in [-0.3, -0.25) is 0 Å². The molecule has 0 aliphatic carbocycles. The van der Waals surface area contributed by atoms with Crippen molar-refractivity contribution in [1.82, 2.24) is 15.0 Å². The summed E-state index contributed by atoms with van der Waals surface area (Å²) in [6.45, 7) is 10.9. The Balaban J connectivity index is 3.13. The van der Waals surface area contributed by atoms with Crippen LogP contribution in [-0.4, -0.2) is 21.6 Å². The van der Waals surface area contributed by atoms with Crippen molar-refractivity contribution in [1.29, 1.82) is 0 Å². The zero-order chi connectivity index (χ0) is 13.1. The number of hydrogen-bond acceptors (Lipinski definition) is 5. The van der Waals surface area contributed by atoms with Crippen LogP contribution in [0.5, 0.6) is 0 Å². The summed E-state index contributed by atoms with van der Waals surface area (Å²) in [4.78, 5) is 12.7. The average Bonchev–Trinajstić information content (AvgIpc) is 2.23. The molecule has 0 fully saturated rings. The number of aryl methyl sites for hydroxylation is 1. The van der Waals surface area contributed by atoms with Gasteiger partial charge in [0, 0.05) is 13.0 Å². The van der Waals surface area contributed by atoms with Crippen LogP contribution in [0, 0.1) is 5.41 Å². The zero-order valence-electron chi connectivity index (χ0n) is 11.3. The second-order valence-electron chi connectivity index (χ2n) is 5.02. The number of anilines is 1. The first-order valence-electron chi connectivity index (χ1n) is 6.00. The molecule has 0 saturated carbocycles. The molecule has 1 rings (SSSR count). The maximum absolute atomic E-state index is 5.74. The Labute approximate surface area is 103 Å². The molecular weight excluding hydrogens is 216 g/mol. The fourth-order valence-corrected chi connectivity index (χ4v) is 1.61. The van der Waals surface area contributed by atoms with Gasteiger partial charge >= 0.3 is 0 Å². The van der Waals surface area contributed by atoms with E-state index in [0.717, 1.165) is 6.42 Å². The molecule has 5 nitrogen and oxygen atoms in total. The van der Waals surface area contributed by atoms with Crippen LogP contribution in [0.3, 0.4) is 0 Å². The highest BCUT2D eigenvalue weighted by atomic mass is 16.5. The van der Waals surface area contributed by atoms with E-state index in [2.05, 4.69) is 35.7 Å². The van der Waals surface area contributed by atoms with E-state index < -0.39 is 0 Å². The fraction of sp³-hybridized carbons (Fsp3) is 0.750. The molecule has 17 heavy (non-hydrogen) atoms. The Hall–Kier alpha value is -1.23. The summed E-state index contributed by atoms with van der Waals surface area (Å²) < 4.78 is 5.74. The minimum Gasteiger partial charge on any atom is -0.370 e. The number of aromatic nitrogens is 3. The first-order valence-corrected chi connectivity index (χ1v) is 6.00. The SMILES string of the molecule is CCOC(c1nc(N)nc(CC)n1)C(C)(C)C. The van der Waals surface area contributed by atoms with E-state index in [9.17, 15) is 0 Å². The van der Waals surface area contributed by atoms with Gasteiger partial charge in [0.1, 0.15) is 11.9 Å². The van der Waals surface area contributed by atoms with Crippen molar-refractivity contribution in [3.8, 4) is 0 Å². The predicted octanol–water partition coefficient (Wildman–Crippen LogP) is 2.14. The lowest BCUT2D eigenvalue weighted by Gasteiger charge is -2.29. The third-order valence-corrected chi connectivity index (χ3v) is 2.39. The first kappa shape index (κ1) is 13.8. The summed E-state index contributed by atoms with van der Waals surface area (Å²) in [6.07, 6.45) is 0.575. The van der Waals surface area contributed by atoms with E-state index in [1.165, 1.54) is 0 Å². The lowest BCUT2D eigenvalue weighted by atomic mass is 9.88. The molecule has 0 bridgehead atoms. The highest BCUT2D eigenvalue weighted by Gasteiger charge is 2.30. The van der Waals surface area contributed by atoms with Gasteiger partial charge in [-0.2, -0.15) is 9.97 Å². The molecule has 1 heterocycles. The Morgan fingerprint density at radius 3 is 2.29 bits per heavy atom. The van der Waals surface area contributed by atoms with Crippen LogP contribution in [0.25, 0.3) is 0 Å². The molecule has 1 aromatic heterocycles. The Bertz CT molecular complexity index is 373. The van der Waals surface area contributed by atoms with Gasteiger partial charge in [-0.15, -0.1) is 0 Å². The van der Waals surface area contributed by atoms with Gasteiger partial charge in [-0.1, -0.05) is 27.7 Å². The molecule has 0 aliphatic rings. The van der Waals surface area contributed by atoms with Crippen LogP contribution in [0.2, 0.25) is 0 Å². The van der Waals surface area contributed by atoms with E-state index in [1.54, 1.807) is 0 Å². The number of hydrogen-bond donors (Lipinski definition) is 1. The van der Waals surface area contributed by atoms with Crippen LogP contribution in [0.4, 0.5) is 5.95 Å². The summed E-state index contributed by atoms with van der Waals surface area (Å²) in [5.74, 6) is 1.60. The van der Waals surface area contributed by atoms with Crippen LogP contribution in [-0.2, 0) is 11.2 Å². The Morgan fingerprint density at radius 1 is 1.18 bits per heavy atom. The molecule has 2 N–H and O–H groups in total. The molecule has 5 heteroatoms. The molecule has 0 amide bonds. The smallest absolute Gasteiger partial charge is 0.223 e. The van der Waals surface area contributed by atoms with Gasteiger partial charge in [-0.25, -0.2) is 4.98 Å². The number of nitrogens with zero attached hydrogens (tertiary/aromatic N) is 3.